The lowest BCUT2D eigenvalue weighted by molar-refractivity contribution is 0.0965. The number of methoxy groups -OCH3 is 1. The Morgan fingerprint density at radius 1 is 1.44 bits per heavy atom. The third-order valence-corrected chi connectivity index (χ3v) is 3.10. The van der Waals surface area contributed by atoms with E-state index in [0.29, 0.717) is 31.1 Å². The van der Waals surface area contributed by atoms with Gasteiger partial charge in [0.2, 0.25) is 0 Å². The lowest BCUT2D eigenvalue weighted by atomic mass is 10.1. The molecule has 1 heterocycles. The number of fused-ring (bicyclic) bond motifs is 1. The summed E-state index contributed by atoms with van der Waals surface area (Å²) in [4.78, 5) is 11.5. The van der Waals surface area contributed by atoms with Crippen molar-refractivity contribution in [3.63, 3.8) is 0 Å². The summed E-state index contributed by atoms with van der Waals surface area (Å²) >= 11 is 3.43. The van der Waals surface area contributed by atoms with Gasteiger partial charge in [0, 0.05) is 23.7 Å². The largest absolute Gasteiger partial charge is 0.491 e. The van der Waals surface area contributed by atoms with Gasteiger partial charge in [-0.05, 0) is 17.7 Å². The van der Waals surface area contributed by atoms with E-state index in [9.17, 15) is 4.79 Å². The van der Waals surface area contributed by atoms with Crippen LogP contribution in [-0.4, -0.2) is 26.2 Å². The Bertz CT molecular complexity index is 420. The van der Waals surface area contributed by atoms with Crippen LogP contribution in [0.1, 0.15) is 15.9 Å². The first-order valence-electron chi connectivity index (χ1n) is 4.94. The number of halogens is 1. The number of carbonyl (C=O) groups is 1. The van der Waals surface area contributed by atoms with Gasteiger partial charge in [-0.2, -0.15) is 0 Å². The zero-order valence-corrected chi connectivity index (χ0v) is 10.5. The Balaban J connectivity index is 2.19. The standard InChI is InChI=1S/C11H12BrNO3/c1-15-2-3-16-7-4-8-9(10(12)5-7)6-13-11(8)14/h4-5H,2-3,6H2,1H3,(H,13,14). The van der Waals surface area contributed by atoms with Crippen LogP contribution in [0, 0.1) is 0 Å². The van der Waals surface area contributed by atoms with Crippen LogP contribution in [0.5, 0.6) is 5.75 Å². The average molecular weight is 286 g/mol. The highest BCUT2D eigenvalue weighted by Gasteiger charge is 2.22. The van der Waals surface area contributed by atoms with Gasteiger partial charge in [-0.3, -0.25) is 4.79 Å². The highest BCUT2D eigenvalue weighted by atomic mass is 79.9. The second-order valence-electron chi connectivity index (χ2n) is 3.46. The summed E-state index contributed by atoms with van der Waals surface area (Å²) in [6.07, 6.45) is 0. The minimum atomic E-state index is -0.0482. The van der Waals surface area contributed by atoms with Gasteiger partial charge in [0.05, 0.1) is 6.61 Å². The number of benzene rings is 1. The van der Waals surface area contributed by atoms with E-state index >= 15 is 0 Å². The topological polar surface area (TPSA) is 47.6 Å². The summed E-state index contributed by atoms with van der Waals surface area (Å²) in [6, 6.07) is 3.63. The first-order valence-corrected chi connectivity index (χ1v) is 5.74. The Labute approximate surface area is 102 Å². The van der Waals surface area contributed by atoms with Crippen molar-refractivity contribution >= 4 is 21.8 Å². The van der Waals surface area contributed by atoms with Crippen molar-refractivity contribution in [2.75, 3.05) is 20.3 Å². The number of nitrogens with one attached hydrogen (secondary N) is 1. The average Bonchev–Trinajstić information content (AvgIpc) is 2.62. The molecule has 0 spiro atoms. The summed E-state index contributed by atoms with van der Waals surface area (Å²) < 4.78 is 11.3. The molecule has 16 heavy (non-hydrogen) atoms. The zero-order valence-electron chi connectivity index (χ0n) is 8.88. The predicted octanol–water partition coefficient (Wildman–Crippen LogP) is 1.72. The number of rotatable bonds is 4. The van der Waals surface area contributed by atoms with Crippen LogP contribution in [0.4, 0.5) is 0 Å². The maximum atomic E-state index is 11.5. The van der Waals surface area contributed by atoms with Gasteiger partial charge in [0.1, 0.15) is 12.4 Å². The van der Waals surface area contributed by atoms with E-state index in [-0.39, 0.29) is 5.91 Å². The molecule has 0 aliphatic carbocycles. The summed E-state index contributed by atoms with van der Waals surface area (Å²) in [7, 11) is 1.62. The Hall–Kier alpha value is -1.07. The van der Waals surface area contributed by atoms with Crippen molar-refractivity contribution in [1.29, 1.82) is 0 Å². The second-order valence-corrected chi connectivity index (χ2v) is 4.31. The molecule has 1 aromatic rings. The summed E-state index contributed by atoms with van der Waals surface area (Å²) in [5.74, 6) is 0.632. The first-order chi connectivity index (χ1) is 7.72. The van der Waals surface area contributed by atoms with Gasteiger partial charge in [0.25, 0.3) is 5.91 Å². The number of amides is 1. The minimum absolute atomic E-state index is 0.0482. The van der Waals surface area contributed by atoms with Crippen LogP contribution in [0.2, 0.25) is 0 Å². The van der Waals surface area contributed by atoms with Crippen LogP contribution in [0.15, 0.2) is 16.6 Å². The molecule has 1 amide bonds. The predicted molar refractivity (Wildman–Crippen MR) is 62.7 cm³/mol. The molecule has 0 atom stereocenters. The number of hydrogen-bond donors (Lipinski definition) is 1. The summed E-state index contributed by atoms with van der Waals surface area (Å²) in [5.41, 5.74) is 1.67. The van der Waals surface area contributed by atoms with E-state index in [2.05, 4.69) is 21.2 Å². The van der Waals surface area contributed by atoms with E-state index < -0.39 is 0 Å². The maximum Gasteiger partial charge on any atom is 0.252 e. The molecule has 4 nitrogen and oxygen atoms in total. The normalized spacial score (nSPS) is 13.5. The fraction of sp³-hybridized carbons (Fsp3) is 0.364. The summed E-state index contributed by atoms with van der Waals surface area (Å²) in [6.45, 7) is 1.58. The Kier molecular flexibility index (Phi) is 3.46. The van der Waals surface area contributed by atoms with Gasteiger partial charge in [-0.25, -0.2) is 0 Å². The van der Waals surface area contributed by atoms with Gasteiger partial charge in [-0.1, -0.05) is 15.9 Å². The van der Waals surface area contributed by atoms with Crippen LogP contribution in [0.25, 0.3) is 0 Å². The smallest absolute Gasteiger partial charge is 0.252 e. The highest BCUT2D eigenvalue weighted by molar-refractivity contribution is 9.10. The fourth-order valence-electron chi connectivity index (χ4n) is 1.58. The van der Waals surface area contributed by atoms with Crippen molar-refractivity contribution in [3.8, 4) is 5.75 Å². The Morgan fingerprint density at radius 2 is 2.25 bits per heavy atom. The maximum absolute atomic E-state index is 11.5. The molecular weight excluding hydrogens is 274 g/mol. The number of ether oxygens (including phenoxy) is 2. The van der Waals surface area contributed by atoms with E-state index in [1.54, 1.807) is 13.2 Å². The fourth-order valence-corrected chi connectivity index (χ4v) is 2.16. The minimum Gasteiger partial charge on any atom is -0.491 e. The zero-order chi connectivity index (χ0) is 11.5. The van der Waals surface area contributed by atoms with Crippen LogP contribution >= 0.6 is 15.9 Å². The molecule has 1 aromatic carbocycles. The van der Waals surface area contributed by atoms with E-state index in [0.717, 1.165) is 10.0 Å². The molecule has 0 radical (unpaired) electrons. The molecule has 0 saturated heterocycles. The molecule has 1 aliphatic heterocycles. The Morgan fingerprint density at radius 3 is 3.00 bits per heavy atom. The quantitative estimate of drug-likeness (QED) is 0.857. The lowest BCUT2D eigenvalue weighted by Gasteiger charge is -2.08. The lowest BCUT2D eigenvalue weighted by Crippen LogP contribution is -2.12. The van der Waals surface area contributed by atoms with Crippen LogP contribution in [-0.2, 0) is 11.3 Å². The third-order valence-electron chi connectivity index (χ3n) is 2.40. The van der Waals surface area contributed by atoms with Crippen molar-refractivity contribution in [2.45, 2.75) is 6.54 Å². The molecule has 5 heteroatoms. The molecule has 86 valence electrons. The van der Waals surface area contributed by atoms with Gasteiger partial charge < -0.3 is 14.8 Å². The van der Waals surface area contributed by atoms with Crippen molar-refractivity contribution in [1.82, 2.24) is 5.32 Å². The molecule has 0 fully saturated rings. The van der Waals surface area contributed by atoms with E-state index in [1.165, 1.54) is 0 Å². The van der Waals surface area contributed by atoms with Crippen molar-refractivity contribution < 1.29 is 14.3 Å². The highest BCUT2D eigenvalue weighted by Crippen LogP contribution is 2.29. The molecule has 1 aliphatic rings. The molecular formula is C11H12BrNO3. The molecule has 1 N–H and O–H groups in total. The van der Waals surface area contributed by atoms with E-state index in [4.69, 9.17) is 9.47 Å². The monoisotopic (exact) mass is 285 g/mol. The van der Waals surface area contributed by atoms with Gasteiger partial charge >= 0.3 is 0 Å². The second kappa shape index (κ2) is 4.84. The summed E-state index contributed by atoms with van der Waals surface area (Å²) in [5, 5.41) is 2.77. The molecule has 0 saturated carbocycles. The molecule has 0 aromatic heterocycles. The van der Waals surface area contributed by atoms with Crippen molar-refractivity contribution in [3.05, 3.63) is 27.7 Å². The number of carbonyl (C=O) groups excluding carboxylic acids is 1. The van der Waals surface area contributed by atoms with Crippen LogP contribution in [0.3, 0.4) is 0 Å². The van der Waals surface area contributed by atoms with Crippen LogP contribution < -0.4 is 10.1 Å². The van der Waals surface area contributed by atoms with Crippen molar-refractivity contribution in [2.24, 2.45) is 0 Å². The molecule has 0 unspecified atom stereocenters. The van der Waals surface area contributed by atoms with Gasteiger partial charge in [0.15, 0.2) is 0 Å². The number of hydrogen-bond acceptors (Lipinski definition) is 3. The van der Waals surface area contributed by atoms with Gasteiger partial charge in [-0.15, -0.1) is 0 Å². The third kappa shape index (κ3) is 2.20. The van der Waals surface area contributed by atoms with E-state index in [1.807, 2.05) is 6.07 Å². The molecule has 2 rings (SSSR count). The SMILES string of the molecule is COCCOc1cc(Br)c2c(c1)C(=O)NC2. The first kappa shape index (κ1) is 11.4. The molecule has 0 bridgehead atoms.